The van der Waals surface area contributed by atoms with Crippen molar-refractivity contribution in [1.29, 1.82) is 0 Å². The summed E-state index contributed by atoms with van der Waals surface area (Å²) >= 11 is 0. The van der Waals surface area contributed by atoms with Crippen molar-refractivity contribution in [3.8, 4) is 5.75 Å². The number of ether oxygens (including phenoxy) is 2. The van der Waals surface area contributed by atoms with Gasteiger partial charge < -0.3 is 14.4 Å². The van der Waals surface area contributed by atoms with Gasteiger partial charge in [-0.1, -0.05) is 13.3 Å². The normalized spacial score (nSPS) is 20.3. The number of carbonyl (C=O) groups excluding carboxylic acids is 1. The zero-order valence-electron chi connectivity index (χ0n) is 13.3. The summed E-state index contributed by atoms with van der Waals surface area (Å²) in [5, 5.41) is 0. The SMILES string of the molecule is CCCOc1ccc(C(=O)N2CCOC23CCCCC3)cc1. The summed E-state index contributed by atoms with van der Waals surface area (Å²) in [4.78, 5) is 14.8. The summed E-state index contributed by atoms with van der Waals surface area (Å²) in [5.74, 6) is 0.907. The van der Waals surface area contributed by atoms with Crippen LogP contribution in [0.4, 0.5) is 0 Å². The van der Waals surface area contributed by atoms with Crippen LogP contribution in [-0.2, 0) is 4.74 Å². The maximum Gasteiger partial charge on any atom is 0.256 e. The van der Waals surface area contributed by atoms with Gasteiger partial charge in [-0.05, 0) is 56.4 Å². The van der Waals surface area contributed by atoms with E-state index in [0.717, 1.165) is 43.4 Å². The lowest BCUT2D eigenvalue weighted by Crippen LogP contribution is -2.49. The first kappa shape index (κ1) is 15.3. The van der Waals surface area contributed by atoms with Gasteiger partial charge in [-0.25, -0.2) is 0 Å². The first-order chi connectivity index (χ1) is 10.7. The van der Waals surface area contributed by atoms with Crippen LogP contribution < -0.4 is 4.74 Å². The standard InChI is InChI=1S/C18H25NO3/c1-2-13-21-16-8-6-15(7-9-16)17(20)19-12-14-22-18(19)10-4-3-5-11-18/h6-9H,2-5,10-14H2,1H3. The van der Waals surface area contributed by atoms with Gasteiger partial charge in [-0.3, -0.25) is 4.79 Å². The summed E-state index contributed by atoms with van der Waals surface area (Å²) in [7, 11) is 0. The number of hydrogen-bond acceptors (Lipinski definition) is 3. The first-order valence-electron chi connectivity index (χ1n) is 8.44. The number of rotatable bonds is 4. The number of carbonyl (C=O) groups is 1. The molecule has 0 unspecified atom stereocenters. The molecule has 1 spiro atoms. The van der Waals surface area contributed by atoms with Crippen LogP contribution >= 0.6 is 0 Å². The van der Waals surface area contributed by atoms with Crippen LogP contribution in [0.3, 0.4) is 0 Å². The Balaban J connectivity index is 1.72. The molecule has 0 radical (unpaired) electrons. The number of hydrogen-bond donors (Lipinski definition) is 0. The Morgan fingerprint density at radius 2 is 1.95 bits per heavy atom. The van der Waals surface area contributed by atoms with E-state index in [1.807, 2.05) is 29.2 Å². The second-order valence-electron chi connectivity index (χ2n) is 6.18. The molecule has 1 aliphatic carbocycles. The van der Waals surface area contributed by atoms with Gasteiger partial charge in [0.15, 0.2) is 0 Å². The molecule has 1 aromatic rings. The van der Waals surface area contributed by atoms with E-state index in [4.69, 9.17) is 9.47 Å². The fraction of sp³-hybridized carbons (Fsp3) is 0.611. The molecule has 1 saturated carbocycles. The van der Waals surface area contributed by atoms with Gasteiger partial charge in [0.25, 0.3) is 5.91 Å². The Morgan fingerprint density at radius 1 is 1.23 bits per heavy atom. The Bertz CT molecular complexity index is 506. The maximum atomic E-state index is 12.9. The van der Waals surface area contributed by atoms with E-state index in [9.17, 15) is 4.79 Å². The third-order valence-electron chi connectivity index (χ3n) is 4.63. The summed E-state index contributed by atoms with van der Waals surface area (Å²) in [6.45, 7) is 4.14. The number of nitrogens with zero attached hydrogens (tertiary/aromatic N) is 1. The molecule has 0 atom stereocenters. The number of benzene rings is 1. The average molecular weight is 303 g/mol. The molecule has 1 amide bonds. The van der Waals surface area contributed by atoms with Gasteiger partial charge in [0.2, 0.25) is 0 Å². The predicted octanol–water partition coefficient (Wildman–Crippen LogP) is 3.61. The molecule has 0 bridgehead atoms. The molecule has 22 heavy (non-hydrogen) atoms. The van der Waals surface area contributed by atoms with Crippen LogP contribution in [0.15, 0.2) is 24.3 Å². The molecule has 1 saturated heterocycles. The Labute approximate surface area is 132 Å². The molecule has 2 aliphatic rings. The second kappa shape index (κ2) is 6.69. The molecular formula is C18H25NO3. The van der Waals surface area contributed by atoms with Gasteiger partial charge >= 0.3 is 0 Å². The van der Waals surface area contributed by atoms with Crippen molar-refractivity contribution in [2.24, 2.45) is 0 Å². The molecule has 1 aromatic carbocycles. The average Bonchev–Trinajstić information content (AvgIpc) is 2.96. The quantitative estimate of drug-likeness (QED) is 0.853. The van der Waals surface area contributed by atoms with Crippen molar-refractivity contribution in [2.45, 2.75) is 51.2 Å². The van der Waals surface area contributed by atoms with Gasteiger partial charge in [0, 0.05) is 12.1 Å². The molecule has 1 aliphatic heterocycles. The van der Waals surface area contributed by atoms with Crippen LogP contribution in [0.2, 0.25) is 0 Å². The molecule has 120 valence electrons. The highest BCUT2D eigenvalue weighted by molar-refractivity contribution is 5.95. The largest absolute Gasteiger partial charge is 0.494 e. The minimum absolute atomic E-state index is 0.0847. The van der Waals surface area contributed by atoms with E-state index in [0.29, 0.717) is 19.8 Å². The smallest absolute Gasteiger partial charge is 0.256 e. The minimum Gasteiger partial charge on any atom is -0.494 e. The van der Waals surface area contributed by atoms with E-state index < -0.39 is 0 Å². The van der Waals surface area contributed by atoms with Crippen LogP contribution in [0, 0.1) is 0 Å². The van der Waals surface area contributed by atoms with E-state index >= 15 is 0 Å². The van der Waals surface area contributed by atoms with Gasteiger partial charge in [-0.15, -0.1) is 0 Å². The monoisotopic (exact) mass is 303 g/mol. The summed E-state index contributed by atoms with van der Waals surface area (Å²) in [6.07, 6.45) is 6.46. The molecule has 3 rings (SSSR count). The Kier molecular flexibility index (Phi) is 4.67. The second-order valence-corrected chi connectivity index (χ2v) is 6.18. The first-order valence-corrected chi connectivity index (χ1v) is 8.44. The van der Waals surface area contributed by atoms with Crippen molar-refractivity contribution in [2.75, 3.05) is 19.8 Å². The lowest BCUT2D eigenvalue weighted by atomic mass is 9.90. The predicted molar refractivity (Wildman–Crippen MR) is 85.0 cm³/mol. The van der Waals surface area contributed by atoms with Crippen molar-refractivity contribution in [1.82, 2.24) is 4.90 Å². The molecule has 0 N–H and O–H groups in total. The van der Waals surface area contributed by atoms with Crippen LogP contribution in [0.5, 0.6) is 5.75 Å². The Morgan fingerprint density at radius 3 is 2.64 bits per heavy atom. The molecule has 0 aromatic heterocycles. The number of amides is 1. The molecule has 4 heteroatoms. The van der Waals surface area contributed by atoms with E-state index in [1.165, 1.54) is 6.42 Å². The van der Waals surface area contributed by atoms with Crippen molar-refractivity contribution in [3.05, 3.63) is 29.8 Å². The van der Waals surface area contributed by atoms with Gasteiger partial charge in [0.1, 0.15) is 11.5 Å². The maximum absolute atomic E-state index is 12.9. The van der Waals surface area contributed by atoms with Gasteiger partial charge in [-0.2, -0.15) is 0 Å². The van der Waals surface area contributed by atoms with Crippen LogP contribution in [0.1, 0.15) is 55.8 Å². The zero-order valence-corrected chi connectivity index (χ0v) is 13.3. The van der Waals surface area contributed by atoms with E-state index in [-0.39, 0.29) is 11.6 Å². The Hall–Kier alpha value is -1.55. The molecule has 1 heterocycles. The fourth-order valence-electron chi connectivity index (χ4n) is 3.48. The van der Waals surface area contributed by atoms with E-state index in [2.05, 4.69) is 6.92 Å². The highest BCUT2D eigenvalue weighted by Gasteiger charge is 2.45. The highest BCUT2D eigenvalue weighted by Crippen LogP contribution is 2.38. The molecule has 4 nitrogen and oxygen atoms in total. The van der Waals surface area contributed by atoms with E-state index in [1.54, 1.807) is 0 Å². The third-order valence-corrected chi connectivity index (χ3v) is 4.63. The third kappa shape index (κ3) is 2.98. The van der Waals surface area contributed by atoms with Crippen molar-refractivity contribution >= 4 is 5.91 Å². The van der Waals surface area contributed by atoms with Crippen molar-refractivity contribution < 1.29 is 14.3 Å². The topological polar surface area (TPSA) is 38.8 Å². The summed E-state index contributed by atoms with van der Waals surface area (Å²) < 4.78 is 11.6. The van der Waals surface area contributed by atoms with Gasteiger partial charge in [0.05, 0.1) is 13.2 Å². The van der Waals surface area contributed by atoms with Crippen LogP contribution in [-0.4, -0.2) is 36.3 Å². The fourth-order valence-corrected chi connectivity index (χ4v) is 3.48. The summed E-state index contributed by atoms with van der Waals surface area (Å²) in [6, 6.07) is 7.49. The van der Waals surface area contributed by atoms with Crippen LogP contribution in [0.25, 0.3) is 0 Å². The highest BCUT2D eigenvalue weighted by atomic mass is 16.5. The zero-order chi connectivity index (χ0) is 15.4. The van der Waals surface area contributed by atoms with Crippen molar-refractivity contribution in [3.63, 3.8) is 0 Å². The lowest BCUT2D eigenvalue weighted by Gasteiger charge is -2.40. The summed E-state index contributed by atoms with van der Waals surface area (Å²) in [5.41, 5.74) is 0.381. The molecular weight excluding hydrogens is 278 g/mol. The lowest BCUT2D eigenvalue weighted by molar-refractivity contribution is -0.0919. The minimum atomic E-state index is -0.341. The molecule has 2 fully saturated rings.